The van der Waals surface area contributed by atoms with Crippen molar-refractivity contribution >= 4 is 11.9 Å². The first-order valence-corrected chi connectivity index (χ1v) is 10.9. The van der Waals surface area contributed by atoms with E-state index in [0.29, 0.717) is 19.7 Å². The minimum Gasteiger partial charge on any atom is -0.497 e. The second-order valence-electron chi connectivity index (χ2n) is 8.72. The van der Waals surface area contributed by atoms with E-state index in [1.165, 1.54) is 0 Å². The lowest BCUT2D eigenvalue weighted by molar-refractivity contribution is -0.144. The van der Waals surface area contributed by atoms with Crippen LogP contribution < -0.4 is 10.5 Å². The first kappa shape index (κ1) is 22.7. The summed E-state index contributed by atoms with van der Waals surface area (Å²) < 4.78 is 11.3. The van der Waals surface area contributed by atoms with Gasteiger partial charge in [-0.2, -0.15) is 0 Å². The Bertz CT molecular complexity index is 1130. The number of aryl methyl sites for hydroxylation is 1. The fourth-order valence-corrected chi connectivity index (χ4v) is 4.05. The number of aromatic nitrogens is 3. The van der Waals surface area contributed by atoms with Gasteiger partial charge < -0.3 is 20.1 Å². The SMILES string of the molecule is COc1ccc(C(C)(C)C(=O)N2CCOC(c3cc(-c4cnc(N)nc4)cc(C)n3)C2)cc1. The Hall–Kier alpha value is -3.52. The molecule has 8 nitrogen and oxygen atoms in total. The number of ether oxygens (including phenoxy) is 2. The minimum atomic E-state index is -0.680. The van der Waals surface area contributed by atoms with Crippen LogP contribution in [0.3, 0.4) is 0 Å². The molecule has 2 aromatic heterocycles. The lowest BCUT2D eigenvalue weighted by atomic mass is 9.83. The van der Waals surface area contributed by atoms with Gasteiger partial charge in [0.25, 0.3) is 0 Å². The van der Waals surface area contributed by atoms with Gasteiger partial charge in [0.05, 0.1) is 31.4 Å². The topological polar surface area (TPSA) is 103 Å². The standard InChI is InChI=1S/C25H29N5O3/c1-16-11-17(18-13-27-24(26)28-14-18)12-21(29-16)22-15-30(9-10-33-22)23(31)25(2,3)19-5-7-20(32-4)8-6-19/h5-8,11-14,22H,9-10,15H2,1-4H3,(H2,26,27,28). The summed E-state index contributed by atoms with van der Waals surface area (Å²) in [5.41, 5.74) is 9.29. The number of carbonyl (C=O) groups is 1. The first-order valence-electron chi connectivity index (χ1n) is 10.9. The number of benzene rings is 1. The number of nitrogens with two attached hydrogens (primary N) is 1. The van der Waals surface area contributed by atoms with Gasteiger partial charge in [-0.15, -0.1) is 0 Å². The normalized spacial score (nSPS) is 16.5. The zero-order chi connectivity index (χ0) is 23.6. The van der Waals surface area contributed by atoms with Crippen molar-refractivity contribution in [1.29, 1.82) is 0 Å². The van der Waals surface area contributed by atoms with Crippen molar-refractivity contribution in [3.63, 3.8) is 0 Å². The van der Waals surface area contributed by atoms with Crippen molar-refractivity contribution in [1.82, 2.24) is 19.9 Å². The number of nitrogens with zero attached hydrogens (tertiary/aromatic N) is 4. The zero-order valence-electron chi connectivity index (χ0n) is 19.4. The van der Waals surface area contributed by atoms with Crippen LogP contribution in [-0.4, -0.2) is 52.6 Å². The van der Waals surface area contributed by atoms with Crippen LogP contribution in [0.25, 0.3) is 11.1 Å². The van der Waals surface area contributed by atoms with Crippen LogP contribution in [0, 0.1) is 6.92 Å². The van der Waals surface area contributed by atoms with Crippen LogP contribution in [0.5, 0.6) is 5.75 Å². The van der Waals surface area contributed by atoms with Crippen molar-refractivity contribution in [2.75, 3.05) is 32.5 Å². The average Bonchev–Trinajstić information content (AvgIpc) is 2.83. The predicted octanol–water partition coefficient (Wildman–Crippen LogP) is 3.32. The van der Waals surface area contributed by atoms with Gasteiger partial charge in [-0.05, 0) is 56.2 Å². The summed E-state index contributed by atoms with van der Waals surface area (Å²) in [7, 11) is 1.63. The molecule has 1 atom stereocenters. The van der Waals surface area contributed by atoms with E-state index in [4.69, 9.17) is 20.2 Å². The van der Waals surface area contributed by atoms with E-state index in [0.717, 1.165) is 33.8 Å². The molecule has 1 aliphatic heterocycles. The number of hydrogen-bond acceptors (Lipinski definition) is 7. The molecule has 1 aromatic carbocycles. The van der Waals surface area contributed by atoms with E-state index in [1.807, 2.05) is 62.1 Å². The quantitative estimate of drug-likeness (QED) is 0.640. The first-order chi connectivity index (χ1) is 15.8. The molecule has 3 heterocycles. The maximum absolute atomic E-state index is 13.5. The molecule has 2 N–H and O–H groups in total. The highest BCUT2D eigenvalue weighted by Crippen LogP contribution is 2.31. The number of hydrogen-bond donors (Lipinski definition) is 1. The van der Waals surface area contributed by atoms with E-state index in [2.05, 4.69) is 9.97 Å². The fraction of sp³-hybridized carbons (Fsp3) is 0.360. The molecule has 172 valence electrons. The molecule has 1 unspecified atom stereocenters. The smallest absolute Gasteiger partial charge is 0.232 e. The van der Waals surface area contributed by atoms with Crippen molar-refractivity contribution in [2.24, 2.45) is 0 Å². The molecular weight excluding hydrogens is 418 g/mol. The Balaban J connectivity index is 1.55. The van der Waals surface area contributed by atoms with Gasteiger partial charge in [0.15, 0.2) is 0 Å². The lowest BCUT2D eigenvalue weighted by Crippen LogP contribution is -2.49. The summed E-state index contributed by atoms with van der Waals surface area (Å²) in [4.78, 5) is 28.3. The molecule has 1 saturated heterocycles. The van der Waals surface area contributed by atoms with Gasteiger partial charge >= 0.3 is 0 Å². The van der Waals surface area contributed by atoms with Gasteiger partial charge in [-0.3, -0.25) is 9.78 Å². The summed E-state index contributed by atoms with van der Waals surface area (Å²) in [6.07, 6.45) is 3.06. The Labute approximate surface area is 193 Å². The zero-order valence-corrected chi connectivity index (χ0v) is 19.4. The third-order valence-corrected chi connectivity index (χ3v) is 6.01. The average molecular weight is 448 g/mol. The Morgan fingerprint density at radius 2 is 1.85 bits per heavy atom. The van der Waals surface area contributed by atoms with Gasteiger partial charge in [0.1, 0.15) is 11.9 Å². The molecule has 0 spiro atoms. The number of amides is 1. The monoisotopic (exact) mass is 447 g/mol. The number of carbonyl (C=O) groups excluding carboxylic acids is 1. The molecule has 3 aromatic rings. The molecule has 0 bridgehead atoms. The summed E-state index contributed by atoms with van der Waals surface area (Å²) in [5.74, 6) is 1.05. The highest BCUT2D eigenvalue weighted by molar-refractivity contribution is 5.87. The van der Waals surface area contributed by atoms with Crippen molar-refractivity contribution in [3.05, 3.63) is 65.7 Å². The van der Waals surface area contributed by atoms with E-state index >= 15 is 0 Å². The van der Waals surface area contributed by atoms with Crippen LogP contribution in [0.15, 0.2) is 48.8 Å². The van der Waals surface area contributed by atoms with Crippen molar-refractivity contribution < 1.29 is 14.3 Å². The number of morpholine rings is 1. The third kappa shape index (κ3) is 4.80. The number of anilines is 1. The van der Waals surface area contributed by atoms with Crippen LogP contribution in [0.2, 0.25) is 0 Å². The summed E-state index contributed by atoms with van der Waals surface area (Å²) in [6.45, 7) is 7.26. The number of pyridine rings is 1. The van der Waals surface area contributed by atoms with Crippen LogP contribution in [0.1, 0.15) is 36.9 Å². The highest BCUT2D eigenvalue weighted by atomic mass is 16.5. The highest BCUT2D eigenvalue weighted by Gasteiger charge is 2.37. The van der Waals surface area contributed by atoms with E-state index < -0.39 is 5.41 Å². The second-order valence-corrected chi connectivity index (χ2v) is 8.72. The summed E-state index contributed by atoms with van der Waals surface area (Å²) in [6, 6.07) is 11.6. The summed E-state index contributed by atoms with van der Waals surface area (Å²) >= 11 is 0. The van der Waals surface area contributed by atoms with Gasteiger partial charge in [0.2, 0.25) is 11.9 Å². The third-order valence-electron chi connectivity index (χ3n) is 6.01. The van der Waals surface area contributed by atoms with Gasteiger partial charge in [-0.25, -0.2) is 9.97 Å². The Kier molecular flexibility index (Phi) is 6.29. The van der Waals surface area contributed by atoms with E-state index in [1.54, 1.807) is 19.5 Å². The molecule has 33 heavy (non-hydrogen) atoms. The lowest BCUT2D eigenvalue weighted by Gasteiger charge is -2.37. The van der Waals surface area contributed by atoms with Gasteiger partial charge in [-0.1, -0.05) is 12.1 Å². The predicted molar refractivity (Wildman–Crippen MR) is 126 cm³/mol. The number of rotatable bonds is 5. The molecule has 1 aliphatic rings. The molecule has 8 heteroatoms. The molecule has 0 saturated carbocycles. The molecule has 1 fully saturated rings. The number of nitrogen functional groups attached to an aromatic ring is 1. The number of methoxy groups -OCH3 is 1. The van der Waals surface area contributed by atoms with Crippen LogP contribution in [0.4, 0.5) is 5.95 Å². The van der Waals surface area contributed by atoms with E-state index in [-0.39, 0.29) is 18.0 Å². The molecule has 0 aliphatic carbocycles. The molecule has 0 radical (unpaired) electrons. The van der Waals surface area contributed by atoms with E-state index in [9.17, 15) is 4.79 Å². The Morgan fingerprint density at radius 3 is 2.52 bits per heavy atom. The fourth-order valence-electron chi connectivity index (χ4n) is 4.05. The Morgan fingerprint density at radius 1 is 1.15 bits per heavy atom. The summed E-state index contributed by atoms with van der Waals surface area (Å²) in [5, 5.41) is 0. The van der Waals surface area contributed by atoms with Crippen LogP contribution >= 0.6 is 0 Å². The second kappa shape index (κ2) is 9.15. The maximum atomic E-state index is 13.5. The van der Waals surface area contributed by atoms with Crippen LogP contribution in [-0.2, 0) is 14.9 Å². The molecule has 1 amide bonds. The molecule has 4 rings (SSSR count). The minimum absolute atomic E-state index is 0.0563. The largest absolute Gasteiger partial charge is 0.497 e. The maximum Gasteiger partial charge on any atom is 0.232 e. The van der Waals surface area contributed by atoms with Crippen molar-refractivity contribution in [2.45, 2.75) is 32.3 Å². The van der Waals surface area contributed by atoms with Gasteiger partial charge in [0, 0.05) is 30.2 Å². The van der Waals surface area contributed by atoms with Crippen molar-refractivity contribution in [3.8, 4) is 16.9 Å². The molecular formula is C25H29N5O3.